The van der Waals surface area contributed by atoms with Gasteiger partial charge >= 0.3 is 0 Å². The number of rotatable bonds is 6. The number of aryl methyl sites for hydroxylation is 3. The van der Waals surface area contributed by atoms with Gasteiger partial charge in [0.2, 0.25) is 5.16 Å². The Morgan fingerprint density at radius 1 is 1.07 bits per heavy atom. The third kappa shape index (κ3) is 4.22. The topological polar surface area (TPSA) is 67.9 Å². The van der Waals surface area contributed by atoms with E-state index in [1.807, 2.05) is 51.1 Å². The number of aromatic nitrogens is 3. The van der Waals surface area contributed by atoms with Crippen LogP contribution in [-0.4, -0.2) is 33.3 Å². The lowest BCUT2D eigenvalue weighted by molar-refractivity contribution is 0.0993. The molecule has 0 unspecified atom stereocenters. The van der Waals surface area contributed by atoms with Crippen molar-refractivity contribution in [3.8, 4) is 17.1 Å². The Kier molecular flexibility index (Phi) is 5.65. The summed E-state index contributed by atoms with van der Waals surface area (Å²) in [4.78, 5) is 17.4. The summed E-state index contributed by atoms with van der Waals surface area (Å²) in [5.41, 5.74) is 5.01. The molecule has 1 aromatic heterocycles. The van der Waals surface area contributed by atoms with Crippen molar-refractivity contribution in [2.45, 2.75) is 38.1 Å². The second-order valence-electron chi connectivity index (χ2n) is 6.57. The lowest BCUT2D eigenvalue weighted by Crippen LogP contribution is -2.15. The lowest BCUT2D eigenvalue weighted by atomic mass is 9.97. The van der Waals surface area contributed by atoms with E-state index in [1.54, 1.807) is 7.11 Å². The van der Waals surface area contributed by atoms with E-state index in [0.29, 0.717) is 11.0 Å². The molecule has 0 bridgehead atoms. The van der Waals surface area contributed by atoms with E-state index in [1.165, 1.54) is 17.3 Å². The van der Waals surface area contributed by atoms with Crippen LogP contribution in [0.25, 0.3) is 11.4 Å². The summed E-state index contributed by atoms with van der Waals surface area (Å²) in [5, 5.41) is 7.47. The Hall–Kier alpha value is -2.60. The number of carbonyl (C=O) groups is 1. The molecule has 6 heteroatoms. The fourth-order valence-corrected chi connectivity index (χ4v) is 3.63. The van der Waals surface area contributed by atoms with Crippen LogP contribution in [0, 0.1) is 20.8 Å². The van der Waals surface area contributed by atoms with Crippen molar-refractivity contribution in [1.82, 2.24) is 15.2 Å². The summed E-state index contributed by atoms with van der Waals surface area (Å²) in [5.74, 6) is 1.55. The summed E-state index contributed by atoms with van der Waals surface area (Å²) in [6.45, 7) is 7.96. The molecule has 1 N–H and O–H groups in total. The van der Waals surface area contributed by atoms with Gasteiger partial charge < -0.3 is 4.74 Å². The van der Waals surface area contributed by atoms with Gasteiger partial charge in [0.05, 0.1) is 12.4 Å². The Bertz CT molecular complexity index is 964. The number of nitrogens with one attached hydrogen (secondary N) is 1. The van der Waals surface area contributed by atoms with Crippen LogP contribution in [-0.2, 0) is 0 Å². The van der Waals surface area contributed by atoms with Gasteiger partial charge in [-0.05, 0) is 74.7 Å². The van der Waals surface area contributed by atoms with Crippen LogP contribution in [0.15, 0.2) is 41.6 Å². The fourth-order valence-electron chi connectivity index (χ4n) is 2.83. The molecule has 0 aliphatic heterocycles. The molecule has 5 nitrogen and oxygen atoms in total. The first kappa shape index (κ1) is 19.2. The van der Waals surface area contributed by atoms with Crippen molar-refractivity contribution in [3.63, 3.8) is 0 Å². The predicted molar refractivity (Wildman–Crippen MR) is 109 cm³/mol. The number of methoxy groups -OCH3 is 1. The number of thioether (sulfide) groups is 1. The molecule has 0 radical (unpaired) electrons. The zero-order valence-electron chi connectivity index (χ0n) is 16.2. The molecule has 27 heavy (non-hydrogen) atoms. The molecule has 1 heterocycles. The number of carbonyl (C=O) groups excluding carboxylic acids is 1. The molecule has 3 aromatic rings. The van der Waals surface area contributed by atoms with Crippen LogP contribution in [0.4, 0.5) is 0 Å². The quantitative estimate of drug-likeness (QED) is 0.492. The minimum atomic E-state index is -0.273. The fraction of sp³-hybridized carbons (Fsp3) is 0.286. The average molecular weight is 382 g/mol. The standard InChI is InChI=1S/C21H23N3O2S/c1-12-10-14(3)18(11-13(12)2)19(25)15(4)27-21-22-20(23-24-21)16-6-8-17(26-5)9-7-16/h6-11,15H,1-5H3,(H,22,23,24)/t15-/m0/s1. The molecule has 0 fully saturated rings. The van der Waals surface area contributed by atoms with E-state index < -0.39 is 0 Å². The summed E-state index contributed by atoms with van der Waals surface area (Å²) < 4.78 is 5.17. The van der Waals surface area contributed by atoms with Gasteiger partial charge in [-0.2, -0.15) is 0 Å². The number of hydrogen-bond donors (Lipinski definition) is 1. The van der Waals surface area contributed by atoms with Crippen molar-refractivity contribution < 1.29 is 9.53 Å². The van der Waals surface area contributed by atoms with Crippen molar-refractivity contribution in [2.75, 3.05) is 7.11 Å². The Morgan fingerprint density at radius 2 is 1.74 bits per heavy atom. The van der Waals surface area contributed by atoms with E-state index in [4.69, 9.17) is 4.74 Å². The maximum absolute atomic E-state index is 12.9. The van der Waals surface area contributed by atoms with Crippen LogP contribution in [0.5, 0.6) is 5.75 Å². The van der Waals surface area contributed by atoms with Crippen molar-refractivity contribution in [2.24, 2.45) is 0 Å². The molecule has 0 aliphatic rings. The molecule has 140 valence electrons. The highest BCUT2D eigenvalue weighted by Gasteiger charge is 2.21. The third-order valence-electron chi connectivity index (χ3n) is 4.59. The smallest absolute Gasteiger partial charge is 0.209 e. The highest BCUT2D eigenvalue weighted by Crippen LogP contribution is 2.27. The monoisotopic (exact) mass is 381 g/mol. The van der Waals surface area contributed by atoms with Gasteiger partial charge in [-0.15, -0.1) is 5.10 Å². The molecule has 0 saturated heterocycles. The Labute approximate surface area is 163 Å². The van der Waals surface area contributed by atoms with Crippen molar-refractivity contribution in [3.05, 3.63) is 58.7 Å². The van der Waals surface area contributed by atoms with Gasteiger partial charge in [0.15, 0.2) is 11.6 Å². The van der Waals surface area contributed by atoms with Crippen LogP contribution in [0.1, 0.15) is 34.0 Å². The summed E-state index contributed by atoms with van der Waals surface area (Å²) in [7, 11) is 1.63. The van der Waals surface area contributed by atoms with Gasteiger partial charge in [0.1, 0.15) is 5.75 Å². The molecule has 0 spiro atoms. The molecule has 0 amide bonds. The number of aromatic amines is 1. The summed E-state index contributed by atoms with van der Waals surface area (Å²) >= 11 is 1.36. The average Bonchev–Trinajstić information content (AvgIpc) is 3.12. The first-order valence-electron chi connectivity index (χ1n) is 8.74. The van der Waals surface area contributed by atoms with Gasteiger partial charge in [-0.25, -0.2) is 4.98 Å². The van der Waals surface area contributed by atoms with E-state index >= 15 is 0 Å². The normalized spacial score (nSPS) is 12.0. The zero-order valence-corrected chi connectivity index (χ0v) is 17.0. The van der Waals surface area contributed by atoms with Crippen LogP contribution in [0.3, 0.4) is 0 Å². The maximum Gasteiger partial charge on any atom is 0.209 e. The van der Waals surface area contributed by atoms with Gasteiger partial charge in [0.25, 0.3) is 0 Å². The van der Waals surface area contributed by atoms with E-state index in [0.717, 1.165) is 28.0 Å². The number of H-pyrrole nitrogens is 1. The highest BCUT2D eigenvalue weighted by atomic mass is 32.2. The zero-order chi connectivity index (χ0) is 19.6. The van der Waals surface area contributed by atoms with E-state index in [-0.39, 0.29) is 11.0 Å². The number of hydrogen-bond acceptors (Lipinski definition) is 5. The number of nitrogens with zero attached hydrogens (tertiary/aromatic N) is 2. The molecule has 0 aliphatic carbocycles. The first-order chi connectivity index (χ1) is 12.9. The van der Waals surface area contributed by atoms with E-state index in [9.17, 15) is 4.79 Å². The SMILES string of the molecule is COc1ccc(-c2nc(S[C@@H](C)C(=O)c3cc(C)c(C)cc3C)n[nH]2)cc1. The number of benzene rings is 2. The Morgan fingerprint density at radius 3 is 2.41 bits per heavy atom. The molecule has 3 rings (SSSR count). The minimum Gasteiger partial charge on any atom is -0.497 e. The summed E-state index contributed by atoms with van der Waals surface area (Å²) in [6, 6.07) is 11.6. The van der Waals surface area contributed by atoms with Gasteiger partial charge in [-0.1, -0.05) is 17.8 Å². The number of Topliss-reactive ketones (excluding diaryl/α,β-unsaturated/α-hetero) is 1. The second kappa shape index (κ2) is 7.96. The van der Waals surface area contributed by atoms with Crippen LogP contribution >= 0.6 is 11.8 Å². The Balaban J connectivity index is 1.74. The van der Waals surface area contributed by atoms with Crippen LogP contribution < -0.4 is 4.74 Å². The molecular formula is C21H23N3O2S. The van der Waals surface area contributed by atoms with Crippen LogP contribution in [0.2, 0.25) is 0 Å². The molecule has 1 atom stereocenters. The second-order valence-corrected chi connectivity index (χ2v) is 7.88. The third-order valence-corrected chi connectivity index (χ3v) is 5.55. The van der Waals surface area contributed by atoms with Crippen molar-refractivity contribution >= 4 is 17.5 Å². The highest BCUT2D eigenvalue weighted by molar-refractivity contribution is 8.00. The van der Waals surface area contributed by atoms with Gasteiger partial charge in [-0.3, -0.25) is 9.89 Å². The lowest BCUT2D eigenvalue weighted by Gasteiger charge is -2.12. The first-order valence-corrected chi connectivity index (χ1v) is 9.62. The number of ketones is 1. The van der Waals surface area contributed by atoms with Gasteiger partial charge in [0, 0.05) is 11.1 Å². The predicted octanol–water partition coefficient (Wildman–Crippen LogP) is 4.77. The molecular weight excluding hydrogens is 358 g/mol. The van der Waals surface area contributed by atoms with E-state index in [2.05, 4.69) is 28.2 Å². The molecule has 0 saturated carbocycles. The summed E-state index contributed by atoms with van der Waals surface area (Å²) in [6.07, 6.45) is 0. The maximum atomic E-state index is 12.9. The van der Waals surface area contributed by atoms with Crippen molar-refractivity contribution in [1.29, 1.82) is 0 Å². The number of ether oxygens (including phenoxy) is 1. The largest absolute Gasteiger partial charge is 0.497 e. The minimum absolute atomic E-state index is 0.0939. The molecule has 2 aromatic carbocycles.